The molecule has 8 nitrogen and oxygen atoms in total. The minimum absolute atomic E-state index is 0.0146. The van der Waals surface area contributed by atoms with E-state index in [0.29, 0.717) is 34.3 Å². The molecule has 142 valence electrons. The average molecular weight is 414 g/mol. The van der Waals surface area contributed by atoms with Gasteiger partial charge in [0.2, 0.25) is 10.0 Å². The number of hydrogen-bond acceptors (Lipinski definition) is 7. The summed E-state index contributed by atoms with van der Waals surface area (Å²) in [7, 11) is -7.17. The summed E-state index contributed by atoms with van der Waals surface area (Å²) >= 11 is 0. The van der Waals surface area contributed by atoms with Crippen LogP contribution in [0.2, 0.25) is 0 Å². The van der Waals surface area contributed by atoms with Gasteiger partial charge in [0.25, 0.3) is 0 Å². The van der Waals surface area contributed by atoms with E-state index in [1.165, 1.54) is 30.5 Å². The summed E-state index contributed by atoms with van der Waals surface area (Å²) < 4.78 is 47.4. The first-order valence-electron chi connectivity index (χ1n) is 8.18. The van der Waals surface area contributed by atoms with Crippen LogP contribution < -0.4 is 10.5 Å². The molecule has 0 amide bonds. The van der Waals surface area contributed by atoms with Crippen LogP contribution in [0.4, 0.5) is 11.4 Å². The van der Waals surface area contributed by atoms with Crippen molar-refractivity contribution in [2.24, 2.45) is 5.14 Å². The van der Waals surface area contributed by atoms with Gasteiger partial charge in [-0.1, -0.05) is 0 Å². The number of hydrogen-bond donors (Lipinski definition) is 2. The summed E-state index contributed by atoms with van der Waals surface area (Å²) in [5, 5.41) is 18.3. The molecule has 0 aliphatic carbocycles. The van der Waals surface area contributed by atoms with Gasteiger partial charge in [-0.25, -0.2) is 22.0 Å². The fraction of sp³-hybridized carbons (Fsp3) is 0.111. The number of nitrogens with zero attached hydrogens (tertiary/aromatic N) is 2. The summed E-state index contributed by atoms with van der Waals surface area (Å²) in [6, 6.07) is 11.0. The van der Waals surface area contributed by atoms with Crippen LogP contribution in [0.1, 0.15) is 11.1 Å². The van der Waals surface area contributed by atoms with Crippen molar-refractivity contribution in [2.45, 2.75) is 16.2 Å². The molecular weight excluding hydrogens is 400 g/mol. The van der Waals surface area contributed by atoms with E-state index in [9.17, 15) is 22.1 Å². The van der Waals surface area contributed by atoms with Gasteiger partial charge >= 0.3 is 0 Å². The third-order valence-electron chi connectivity index (χ3n) is 4.63. The molecule has 2 heterocycles. The van der Waals surface area contributed by atoms with Crippen LogP contribution in [0.5, 0.6) is 0 Å². The molecule has 0 radical (unpaired) electrons. The molecule has 28 heavy (non-hydrogen) atoms. The molecule has 10 heteroatoms. The topological polar surface area (TPSA) is 143 Å². The Morgan fingerprint density at radius 1 is 1.14 bits per heavy atom. The highest BCUT2D eigenvalue weighted by atomic mass is 32.2. The zero-order valence-electron chi connectivity index (χ0n) is 14.4. The number of nitrogens with two attached hydrogens (primary N) is 1. The number of anilines is 2. The van der Waals surface area contributed by atoms with Crippen molar-refractivity contribution in [3.8, 4) is 6.07 Å². The number of aryl methyl sites for hydroxylation is 1. The fourth-order valence-electron chi connectivity index (χ4n) is 3.31. The van der Waals surface area contributed by atoms with Crippen molar-refractivity contribution >= 4 is 42.1 Å². The summed E-state index contributed by atoms with van der Waals surface area (Å²) in [5.41, 5.74) is 2.41. The van der Waals surface area contributed by atoms with E-state index in [-0.39, 0.29) is 21.1 Å². The molecule has 0 unspecified atom stereocenters. The van der Waals surface area contributed by atoms with Gasteiger partial charge in [-0.3, -0.25) is 4.98 Å². The highest BCUT2D eigenvalue weighted by Gasteiger charge is 2.29. The molecule has 0 bridgehead atoms. The number of sulfonamides is 1. The number of aromatic nitrogens is 1. The van der Waals surface area contributed by atoms with E-state index in [2.05, 4.69) is 16.4 Å². The van der Waals surface area contributed by atoms with Gasteiger partial charge in [0.05, 0.1) is 32.3 Å². The molecule has 1 aliphatic rings. The number of fused-ring (bicyclic) bond motifs is 3. The third-order valence-corrected chi connectivity index (χ3v) is 7.35. The van der Waals surface area contributed by atoms with E-state index in [1.807, 2.05) is 0 Å². The Hall–Kier alpha value is -3.00. The van der Waals surface area contributed by atoms with Crippen LogP contribution in [-0.2, 0) is 26.3 Å². The Morgan fingerprint density at radius 2 is 1.86 bits per heavy atom. The first-order chi connectivity index (χ1) is 13.2. The number of pyridine rings is 1. The average Bonchev–Trinajstić information content (AvgIpc) is 2.96. The Kier molecular flexibility index (Phi) is 4.11. The predicted molar refractivity (Wildman–Crippen MR) is 103 cm³/mol. The van der Waals surface area contributed by atoms with E-state index >= 15 is 0 Å². The van der Waals surface area contributed by atoms with Crippen LogP contribution in [0.3, 0.4) is 0 Å². The molecule has 1 aromatic heterocycles. The van der Waals surface area contributed by atoms with Crippen molar-refractivity contribution in [1.29, 1.82) is 5.26 Å². The number of nitrogens with one attached hydrogen (secondary N) is 1. The summed E-state index contributed by atoms with van der Waals surface area (Å²) in [6.45, 7) is 0. The maximum absolute atomic E-state index is 12.3. The Balaban J connectivity index is 1.91. The molecule has 0 spiro atoms. The number of rotatable bonds is 3. The summed E-state index contributed by atoms with van der Waals surface area (Å²) in [4.78, 5) is 4.49. The quantitative estimate of drug-likeness (QED) is 0.665. The van der Waals surface area contributed by atoms with E-state index < -0.39 is 19.9 Å². The Bertz CT molecular complexity index is 1370. The van der Waals surface area contributed by atoms with Crippen LogP contribution in [0.25, 0.3) is 10.9 Å². The highest BCUT2D eigenvalue weighted by Crippen LogP contribution is 2.38. The molecule has 1 aliphatic heterocycles. The molecule has 0 saturated carbocycles. The molecule has 3 aromatic rings. The van der Waals surface area contributed by atoms with Gasteiger partial charge in [0, 0.05) is 17.3 Å². The first-order valence-corrected chi connectivity index (χ1v) is 11.4. The van der Waals surface area contributed by atoms with E-state index in [0.717, 1.165) is 0 Å². The zero-order chi connectivity index (χ0) is 20.1. The number of benzene rings is 2. The minimum Gasteiger partial charge on any atom is -0.354 e. The van der Waals surface area contributed by atoms with Gasteiger partial charge in [-0.2, -0.15) is 5.26 Å². The lowest BCUT2D eigenvalue weighted by Gasteiger charge is -2.14. The second kappa shape index (κ2) is 6.27. The summed E-state index contributed by atoms with van der Waals surface area (Å²) in [6.07, 6.45) is 1.75. The van der Waals surface area contributed by atoms with Crippen LogP contribution in [0, 0.1) is 11.3 Å². The van der Waals surface area contributed by atoms with Gasteiger partial charge in [0.1, 0.15) is 6.07 Å². The number of sulfone groups is 1. The van der Waals surface area contributed by atoms with Crippen molar-refractivity contribution in [3.05, 3.63) is 53.7 Å². The van der Waals surface area contributed by atoms with Gasteiger partial charge in [-0.15, -0.1) is 0 Å². The Morgan fingerprint density at radius 3 is 2.50 bits per heavy atom. The number of primary sulfonamides is 1. The summed E-state index contributed by atoms with van der Waals surface area (Å²) in [5.74, 6) is 0.0146. The smallest absolute Gasteiger partial charge is 0.238 e. The van der Waals surface area contributed by atoms with Gasteiger partial charge in [-0.05, 0) is 48.4 Å². The zero-order valence-corrected chi connectivity index (χ0v) is 16.0. The standard InChI is InChI=1S/C18H14N4O4S2/c19-9-11-10-21-15-5-6-16-14(7-8-27(16,23)24)17(15)18(11)22-12-1-3-13(4-2-12)28(20,25)26/h1-6,10H,7-8H2,(H,21,22)(H2,20,25,26). The van der Waals surface area contributed by atoms with Crippen molar-refractivity contribution in [1.82, 2.24) is 4.98 Å². The van der Waals surface area contributed by atoms with Crippen molar-refractivity contribution in [3.63, 3.8) is 0 Å². The van der Waals surface area contributed by atoms with Crippen LogP contribution in [0.15, 0.2) is 52.4 Å². The Labute approximate surface area is 161 Å². The van der Waals surface area contributed by atoms with Crippen molar-refractivity contribution < 1.29 is 16.8 Å². The van der Waals surface area contributed by atoms with E-state index in [1.54, 1.807) is 12.1 Å². The largest absolute Gasteiger partial charge is 0.354 e. The van der Waals surface area contributed by atoms with Crippen LogP contribution in [-0.4, -0.2) is 27.6 Å². The van der Waals surface area contributed by atoms with Crippen LogP contribution >= 0.6 is 0 Å². The first kappa shape index (κ1) is 18.4. The number of nitriles is 1. The van der Waals surface area contributed by atoms with Gasteiger partial charge in [0.15, 0.2) is 9.84 Å². The minimum atomic E-state index is -3.82. The third kappa shape index (κ3) is 2.99. The highest BCUT2D eigenvalue weighted by molar-refractivity contribution is 7.91. The molecule has 3 N–H and O–H groups in total. The van der Waals surface area contributed by atoms with E-state index in [4.69, 9.17) is 5.14 Å². The van der Waals surface area contributed by atoms with Crippen molar-refractivity contribution in [2.75, 3.05) is 11.1 Å². The normalized spacial score (nSPS) is 15.1. The fourth-order valence-corrected chi connectivity index (χ4v) is 5.37. The second-order valence-electron chi connectivity index (χ2n) is 6.36. The predicted octanol–water partition coefficient (Wildman–Crippen LogP) is 1.83. The molecule has 0 atom stereocenters. The molecule has 0 saturated heterocycles. The maximum atomic E-state index is 12.3. The van der Waals surface area contributed by atoms with Gasteiger partial charge < -0.3 is 5.32 Å². The second-order valence-corrected chi connectivity index (χ2v) is 10.00. The monoisotopic (exact) mass is 414 g/mol. The molecular formula is C18H14N4O4S2. The lowest BCUT2D eigenvalue weighted by Crippen LogP contribution is -2.11. The lowest BCUT2D eigenvalue weighted by molar-refractivity contribution is 0.597. The maximum Gasteiger partial charge on any atom is 0.238 e. The molecule has 4 rings (SSSR count). The lowest BCUT2D eigenvalue weighted by atomic mass is 10.0. The SMILES string of the molecule is N#Cc1cnc2ccc3c(c2c1Nc1ccc(S(N)(=O)=O)cc1)CCS3(=O)=O. The molecule has 2 aromatic carbocycles. The molecule has 0 fully saturated rings.